The molecule has 0 bridgehead atoms. The summed E-state index contributed by atoms with van der Waals surface area (Å²) in [5.41, 5.74) is 5.67. The zero-order valence-corrected chi connectivity index (χ0v) is 28.3. The van der Waals surface area contributed by atoms with Gasteiger partial charge in [-0.2, -0.15) is 0 Å². The largest absolute Gasteiger partial charge is 0.317 e. The molecule has 3 heterocycles. The summed E-state index contributed by atoms with van der Waals surface area (Å²) in [6.45, 7) is 14.0. The summed E-state index contributed by atoms with van der Waals surface area (Å²) < 4.78 is 0.837. The number of hydrogen-bond donors (Lipinski definition) is 1. The van der Waals surface area contributed by atoms with Gasteiger partial charge >= 0.3 is 0 Å². The van der Waals surface area contributed by atoms with Gasteiger partial charge in [-0.05, 0) is 122 Å². The number of carbonyl (C=O) groups excluding carboxylic acids is 1. The first-order chi connectivity index (χ1) is 20.6. The van der Waals surface area contributed by atoms with Gasteiger partial charge in [0.2, 0.25) is 0 Å². The van der Waals surface area contributed by atoms with E-state index in [2.05, 4.69) is 55.3 Å². The highest BCUT2D eigenvalue weighted by molar-refractivity contribution is 9.10. The van der Waals surface area contributed by atoms with Crippen molar-refractivity contribution in [1.82, 2.24) is 10.2 Å². The summed E-state index contributed by atoms with van der Waals surface area (Å²) in [4.78, 5) is 22.2. The molecule has 230 valence electrons. The van der Waals surface area contributed by atoms with E-state index >= 15 is 0 Å². The van der Waals surface area contributed by atoms with E-state index in [0.29, 0.717) is 11.5 Å². The lowest BCUT2D eigenvalue weighted by Crippen LogP contribution is -2.40. The quantitative estimate of drug-likeness (QED) is 0.333. The Morgan fingerprint density at radius 1 is 0.952 bits per heavy atom. The number of likely N-dealkylation sites (tertiary alicyclic amines) is 1. The number of anilines is 2. The molecule has 6 heteroatoms. The van der Waals surface area contributed by atoms with E-state index in [-0.39, 0.29) is 5.41 Å². The lowest BCUT2D eigenvalue weighted by Gasteiger charge is -2.36. The monoisotopic (exact) mass is 636 g/mol. The van der Waals surface area contributed by atoms with E-state index in [0.717, 1.165) is 41.0 Å². The highest BCUT2D eigenvalue weighted by atomic mass is 79.9. The highest BCUT2D eigenvalue weighted by Crippen LogP contribution is 2.54. The number of benzene rings is 2. The number of fused-ring (bicyclic) bond motifs is 2. The third kappa shape index (κ3) is 6.56. The average molecular weight is 638 g/mol. The fourth-order valence-electron chi connectivity index (χ4n) is 7.76. The second-order valence-corrected chi connectivity index (χ2v) is 12.7. The second-order valence-electron chi connectivity index (χ2n) is 11.9. The minimum atomic E-state index is -0.0540. The van der Waals surface area contributed by atoms with Gasteiger partial charge in [-0.15, -0.1) is 0 Å². The molecular formula is C36H53BrN4O. The average Bonchev–Trinajstić information content (AvgIpc) is 3.31. The molecule has 1 spiro atoms. The molecule has 2 aromatic carbocycles. The molecule has 0 atom stereocenters. The maximum Gasteiger partial charge on any atom is 0.153 e. The van der Waals surface area contributed by atoms with Crippen molar-refractivity contribution in [2.75, 3.05) is 44.7 Å². The molecule has 2 aromatic rings. The molecule has 0 amide bonds. The van der Waals surface area contributed by atoms with E-state index in [1.54, 1.807) is 0 Å². The zero-order chi connectivity index (χ0) is 30.1. The normalized spacial score (nSPS) is 21.8. The van der Waals surface area contributed by atoms with Crippen molar-refractivity contribution < 1.29 is 4.79 Å². The third-order valence-corrected chi connectivity index (χ3v) is 10.5. The van der Waals surface area contributed by atoms with Gasteiger partial charge < -0.3 is 10.2 Å². The van der Waals surface area contributed by atoms with Crippen LogP contribution >= 0.6 is 15.9 Å². The molecule has 2 saturated heterocycles. The fourth-order valence-corrected chi connectivity index (χ4v) is 8.21. The van der Waals surface area contributed by atoms with E-state index < -0.39 is 0 Å². The van der Waals surface area contributed by atoms with Crippen LogP contribution in [0.1, 0.15) is 113 Å². The number of aliphatic imine (C=N–C) groups is 1. The summed E-state index contributed by atoms with van der Waals surface area (Å²) >= 11 is 3.64. The number of piperidine rings is 2. The lowest BCUT2D eigenvalue weighted by atomic mass is 9.69. The predicted molar refractivity (Wildman–Crippen MR) is 183 cm³/mol. The van der Waals surface area contributed by atoms with Crippen LogP contribution in [0.2, 0.25) is 0 Å². The number of nitrogens with one attached hydrogen (secondary N) is 1. The van der Waals surface area contributed by atoms with Crippen molar-refractivity contribution in [3.8, 4) is 0 Å². The second kappa shape index (κ2) is 15.6. The molecule has 0 unspecified atom stereocenters. The van der Waals surface area contributed by atoms with E-state index in [1.807, 2.05) is 46.9 Å². The number of rotatable bonds is 5. The molecule has 42 heavy (non-hydrogen) atoms. The van der Waals surface area contributed by atoms with Gasteiger partial charge in [0.05, 0.1) is 22.4 Å². The Labute approximate surface area is 263 Å². The molecule has 5 nitrogen and oxygen atoms in total. The van der Waals surface area contributed by atoms with Crippen LogP contribution in [-0.2, 0) is 5.41 Å². The molecule has 3 aliphatic heterocycles. The maximum absolute atomic E-state index is 12.3. The Hall–Kier alpha value is -2.02. The van der Waals surface area contributed by atoms with Crippen LogP contribution in [0.4, 0.5) is 11.4 Å². The SMILES string of the molecule is CC.CC.CN=C1N(c2cccc(Br)c2C=O)c2cc(C3CCN(CC4CCNCC4)CC3)ccc2C12CCCCC2. The first-order valence-corrected chi connectivity index (χ1v) is 17.5. The van der Waals surface area contributed by atoms with E-state index in [1.165, 1.54) is 94.5 Å². The van der Waals surface area contributed by atoms with Crippen LogP contribution in [0, 0.1) is 5.92 Å². The molecule has 1 aliphatic carbocycles. The third-order valence-electron chi connectivity index (χ3n) is 9.76. The Balaban J connectivity index is 0.000000972. The minimum absolute atomic E-state index is 0.0540. The van der Waals surface area contributed by atoms with Gasteiger partial charge in [0, 0.05) is 18.1 Å². The molecule has 1 N–H and O–H groups in total. The summed E-state index contributed by atoms with van der Waals surface area (Å²) in [6, 6.07) is 13.4. The molecular weight excluding hydrogens is 584 g/mol. The summed E-state index contributed by atoms with van der Waals surface area (Å²) in [6.07, 6.45) is 12.1. The van der Waals surface area contributed by atoms with Crippen molar-refractivity contribution >= 4 is 39.4 Å². The van der Waals surface area contributed by atoms with Gasteiger partial charge in [0.15, 0.2) is 6.29 Å². The number of amidine groups is 1. The van der Waals surface area contributed by atoms with Crippen molar-refractivity contribution in [2.24, 2.45) is 10.9 Å². The molecule has 3 fully saturated rings. The van der Waals surface area contributed by atoms with Crippen LogP contribution in [0.25, 0.3) is 0 Å². The number of nitrogens with zero attached hydrogens (tertiary/aromatic N) is 3. The maximum atomic E-state index is 12.3. The highest BCUT2D eigenvalue weighted by Gasteiger charge is 2.50. The number of hydrogen-bond acceptors (Lipinski definition) is 4. The zero-order valence-electron chi connectivity index (χ0n) is 26.7. The van der Waals surface area contributed by atoms with Crippen LogP contribution < -0.4 is 10.2 Å². The number of carbonyl (C=O) groups is 1. The molecule has 1 saturated carbocycles. The summed E-state index contributed by atoms with van der Waals surface area (Å²) in [5, 5.41) is 3.50. The first kappa shape index (κ1) is 32.9. The molecule has 0 radical (unpaired) electrons. The van der Waals surface area contributed by atoms with Gasteiger partial charge in [0.1, 0.15) is 5.84 Å². The minimum Gasteiger partial charge on any atom is -0.317 e. The molecule has 0 aromatic heterocycles. The summed E-state index contributed by atoms with van der Waals surface area (Å²) in [5.74, 6) is 2.56. The van der Waals surface area contributed by atoms with Crippen LogP contribution in [0.3, 0.4) is 0 Å². The predicted octanol–water partition coefficient (Wildman–Crippen LogP) is 8.87. The van der Waals surface area contributed by atoms with Crippen LogP contribution in [0.5, 0.6) is 0 Å². The van der Waals surface area contributed by atoms with E-state index in [4.69, 9.17) is 4.99 Å². The van der Waals surface area contributed by atoms with Gasteiger partial charge in [-0.3, -0.25) is 14.7 Å². The summed E-state index contributed by atoms with van der Waals surface area (Å²) in [7, 11) is 1.93. The van der Waals surface area contributed by atoms with Crippen molar-refractivity contribution in [2.45, 2.75) is 96.8 Å². The number of halogens is 1. The standard InChI is InChI=1S/C32H41BrN4O.2C2H6/c1-34-31-32(14-3-2-4-15-32)27-9-8-25(20-30(27)37(31)29-7-5-6-28(33)26(29)22-38)24-12-18-36(19-13-24)21-23-10-16-35-17-11-23;2*1-2/h5-9,20,22-24,35H,2-4,10-19,21H2,1H3;2*1-2H3. The Morgan fingerprint density at radius 3 is 2.29 bits per heavy atom. The van der Waals surface area contributed by atoms with Gasteiger partial charge in [-0.25, -0.2) is 0 Å². The lowest BCUT2D eigenvalue weighted by molar-refractivity contribution is 0.112. The van der Waals surface area contributed by atoms with Crippen molar-refractivity contribution in [3.05, 3.63) is 57.6 Å². The van der Waals surface area contributed by atoms with E-state index in [9.17, 15) is 4.79 Å². The smallest absolute Gasteiger partial charge is 0.153 e. The van der Waals surface area contributed by atoms with Gasteiger partial charge in [-0.1, -0.05) is 65.2 Å². The van der Waals surface area contributed by atoms with Gasteiger partial charge in [0.25, 0.3) is 0 Å². The molecule has 4 aliphatic rings. The van der Waals surface area contributed by atoms with Crippen LogP contribution in [0.15, 0.2) is 45.9 Å². The first-order valence-electron chi connectivity index (χ1n) is 16.7. The van der Waals surface area contributed by atoms with Crippen molar-refractivity contribution in [3.63, 3.8) is 0 Å². The Bertz CT molecular complexity index is 1190. The fraction of sp³-hybridized carbons (Fsp3) is 0.611. The molecule has 6 rings (SSSR count). The van der Waals surface area contributed by atoms with Crippen LogP contribution in [-0.4, -0.2) is 56.8 Å². The van der Waals surface area contributed by atoms with Crippen molar-refractivity contribution in [1.29, 1.82) is 0 Å². The Kier molecular flexibility index (Phi) is 12.2. The Morgan fingerprint density at radius 2 is 1.64 bits per heavy atom. The number of aldehydes is 1. The topological polar surface area (TPSA) is 47.9 Å².